The molecule has 2 unspecified atom stereocenters. The van der Waals surface area contributed by atoms with Crippen LogP contribution in [-0.4, -0.2) is 49.6 Å². The van der Waals surface area contributed by atoms with Crippen LogP contribution in [-0.2, 0) is 0 Å². The predicted molar refractivity (Wildman–Crippen MR) is 87.0 cm³/mol. The van der Waals surface area contributed by atoms with Gasteiger partial charge in [0.25, 0.3) is 0 Å². The van der Waals surface area contributed by atoms with E-state index in [4.69, 9.17) is 5.73 Å². The molecule has 0 bridgehead atoms. The largest absolute Gasteiger partial charge is 0.399 e. The van der Waals surface area contributed by atoms with Gasteiger partial charge in [0, 0.05) is 18.3 Å². The van der Waals surface area contributed by atoms with E-state index in [0.29, 0.717) is 5.92 Å². The second-order valence-electron chi connectivity index (χ2n) is 6.40. The zero-order valence-electron chi connectivity index (χ0n) is 13.2. The fourth-order valence-electron chi connectivity index (χ4n) is 3.07. The molecule has 2 N–H and O–H groups in total. The number of hydrogen-bond acceptors (Lipinski definition) is 3. The summed E-state index contributed by atoms with van der Waals surface area (Å²) in [6.45, 7) is 5.95. The topological polar surface area (TPSA) is 32.5 Å². The van der Waals surface area contributed by atoms with Crippen LogP contribution in [0, 0.1) is 0 Å². The average Bonchev–Trinajstić information content (AvgIpc) is 2.45. The molecule has 1 saturated heterocycles. The van der Waals surface area contributed by atoms with Crippen LogP contribution < -0.4 is 5.73 Å². The minimum atomic E-state index is 0.597. The normalized spacial score (nSPS) is 22.1. The van der Waals surface area contributed by atoms with Crippen molar-refractivity contribution in [3.8, 4) is 0 Å². The Balaban J connectivity index is 1.80. The second-order valence-corrected chi connectivity index (χ2v) is 6.40. The van der Waals surface area contributed by atoms with Crippen LogP contribution in [0.25, 0.3) is 0 Å². The van der Waals surface area contributed by atoms with Gasteiger partial charge in [-0.1, -0.05) is 19.1 Å². The lowest BCUT2D eigenvalue weighted by Crippen LogP contribution is -2.45. The number of piperidine rings is 1. The summed E-state index contributed by atoms with van der Waals surface area (Å²) in [6, 6.07) is 9.06. The molecule has 0 saturated carbocycles. The van der Waals surface area contributed by atoms with Crippen molar-refractivity contribution in [2.24, 2.45) is 0 Å². The third-order valence-electron chi connectivity index (χ3n) is 4.64. The standard InChI is InChI=1S/C17H29N3/c1-14(15-6-8-16(18)9-7-15)10-12-20(3)17-5-4-11-19(2)13-17/h6-9,14,17H,4-5,10-13,18H2,1-3H3. The molecule has 2 rings (SSSR count). The minimum absolute atomic E-state index is 0.597. The summed E-state index contributed by atoms with van der Waals surface area (Å²) in [5, 5.41) is 0. The van der Waals surface area contributed by atoms with Gasteiger partial charge in [-0.25, -0.2) is 0 Å². The van der Waals surface area contributed by atoms with E-state index in [9.17, 15) is 0 Å². The number of hydrogen-bond donors (Lipinski definition) is 1. The maximum atomic E-state index is 5.75. The van der Waals surface area contributed by atoms with Crippen molar-refractivity contribution in [2.45, 2.75) is 38.1 Å². The lowest BCUT2D eigenvalue weighted by Gasteiger charge is -2.36. The first-order chi connectivity index (χ1) is 9.56. The van der Waals surface area contributed by atoms with Crippen LogP contribution in [0.1, 0.15) is 37.7 Å². The second kappa shape index (κ2) is 7.09. The molecule has 112 valence electrons. The Hall–Kier alpha value is -1.06. The van der Waals surface area contributed by atoms with Gasteiger partial charge in [-0.15, -0.1) is 0 Å². The molecule has 20 heavy (non-hydrogen) atoms. The van der Waals surface area contributed by atoms with Gasteiger partial charge in [-0.2, -0.15) is 0 Å². The van der Waals surface area contributed by atoms with Crippen molar-refractivity contribution in [2.75, 3.05) is 39.5 Å². The molecule has 1 fully saturated rings. The third-order valence-corrected chi connectivity index (χ3v) is 4.64. The first-order valence-corrected chi connectivity index (χ1v) is 7.80. The molecule has 0 aliphatic carbocycles. The maximum absolute atomic E-state index is 5.75. The van der Waals surface area contributed by atoms with Gasteiger partial charge in [-0.05, 0) is 70.1 Å². The zero-order valence-corrected chi connectivity index (χ0v) is 13.2. The fraction of sp³-hybridized carbons (Fsp3) is 0.647. The van der Waals surface area contributed by atoms with E-state index < -0.39 is 0 Å². The molecule has 1 aromatic rings. The van der Waals surface area contributed by atoms with E-state index in [-0.39, 0.29) is 0 Å². The Bertz CT molecular complexity index is 401. The molecule has 1 heterocycles. The molecule has 3 heteroatoms. The van der Waals surface area contributed by atoms with Crippen molar-refractivity contribution in [1.82, 2.24) is 9.80 Å². The first kappa shape index (κ1) is 15.3. The van der Waals surface area contributed by atoms with E-state index in [1.807, 2.05) is 12.1 Å². The van der Waals surface area contributed by atoms with Crippen molar-refractivity contribution < 1.29 is 0 Å². The maximum Gasteiger partial charge on any atom is 0.0314 e. The van der Waals surface area contributed by atoms with Crippen molar-refractivity contribution in [1.29, 1.82) is 0 Å². The van der Waals surface area contributed by atoms with Gasteiger partial charge < -0.3 is 15.5 Å². The number of benzene rings is 1. The van der Waals surface area contributed by atoms with E-state index in [1.165, 1.54) is 44.5 Å². The van der Waals surface area contributed by atoms with Gasteiger partial charge in [0.2, 0.25) is 0 Å². The highest BCUT2D eigenvalue weighted by Crippen LogP contribution is 2.21. The molecule has 0 amide bonds. The van der Waals surface area contributed by atoms with Gasteiger partial charge in [0.15, 0.2) is 0 Å². The zero-order chi connectivity index (χ0) is 14.5. The molecule has 1 aliphatic heterocycles. The SMILES string of the molecule is CC(CCN(C)C1CCCN(C)C1)c1ccc(N)cc1. The molecular weight excluding hydrogens is 246 g/mol. The Morgan fingerprint density at radius 1 is 1.35 bits per heavy atom. The number of nitrogen functional groups attached to an aromatic ring is 1. The monoisotopic (exact) mass is 275 g/mol. The summed E-state index contributed by atoms with van der Waals surface area (Å²) in [5.74, 6) is 0.597. The third kappa shape index (κ3) is 4.22. The molecule has 3 nitrogen and oxygen atoms in total. The summed E-state index contributed by atoms with van der Waals surface area (Å²) >= 11 is 0. The first-order valence-electron chi connectivity index (χ1n) is 7.80. The Morgan fingerprint density at radius 3 is 2.70 bits per heavy atom. The van der Waals surface area contributed by atoms with E-state index in [0.717, 1.165) is 11.7 Å². The number of rotatable bonds is 5. The van der Waals surface area contributed by atoms with Crippen molar-refractivity contribution in [3.63, 3.8) is 0 Å². The minimum Gasteiger partial charge on any atom is -0.399 e. The molecule has 0 radical (unpaired) electrons. The smallest absolute Gasteiger partial charge is 0.0314 e. The molecule has 1 aliphatic rings. The van der Waals surface area contributed by atoms with Crippen LogP contribution in [0.2, 0.25) is 0 Å². The van der Waals surface area contributed by atoms with Gasteiger partial charge in [0.1, 0.15) is 0 Å². The van der Waals surface area contributed by atoms with Crippen LogP contribution in [0.15, 0.2) is 24.3 Å². The molecule has 2 atom stereocenters. The van der Waals surface area contributed by atoms with Crippen LogP contribution >= 0.6 is 0 Å². The van der Waals surface area contributed by atoms with Crippen molar-refractivity contribution >= 4 is 5.69 Å². The summed E-state index contributed by atoms with van der Waals surface area (Å²) in [7, 11) is 4.51. The molecule has 0 spiro atoms. The van der Waals surface area contributed by atoms with E-state index >= 15 is 0 Å². The highest BCUT2D eigenvalue weighted by atomic mass is 15.2. The average molecular weight is 275 g/mol. The van der Waals surface area contributed by atoms with Crippen LogP contribution in [0.5, 0.6) is 0 Å². The Kier molecular flexibility index (Phi) is 5.44. The number of likely N-dealkylation sites (N-methyl/N-ethyl adjacent to an activating group) is 2. The van der Waals surface area contributed by atoms with Crippen molar-refractivity contribution in [3.05, 3.63) is 29.8 Å². The Morgan fingerprint density at radius 2 is 2.05 bits per heavy atom. The predicted octanol–water partition coefficient (Wildman–Crippen LogP) is 2.79. The highest BCUT2D eigenvalue weighted by molar-refractivity contribution is 5.40. The number of likely N-dealkylation sites (tertiary alicyclic amines) is 1. The number of nitrogens with two attached hydrogens (primary N) is 1. The summed E-state index contributed by atoms with van der Waals surface area (Å²) < 4.78 is 0. The number of anilines is 1. The molecular formula is C17H29N3. The van der Waals surface area contributed by atoms with Gasteiger partial charge in [-0.3, -0.25) is 0 Å². The van der Waals surface area contributed by atoms with E-state index in [2.05, 4.69) is 43.0 Å². The molecule has 1 aromatic carbocycles. The van der Waals surface area contributed by atoms with Gasteiger partial charge in [0.05, 0.1) is 0 Å². The van der Waals surface area contributed by atoms with Crippen LogP contribution in [0.4, 0.5) is 5.69 Å². The highest BCUT2D eigenvalue weighted by Gasteiger charge is 2.21. The quantitative estimate of drug-likeness (QED) is 0.839. The summed E-state index contributed by atoms with van der Waals surface area (Å²) in [5.41, 5.74) is 7.99. The lowest BCUT2D eigenvalue weighted by atomic mass is 9.96. The fourth-order valence-corrected chi connectivity index (χ4v) is 3.07. The lowest BCUT2D eigenvalue weighted by molar-refractivity contribution is 0.132. The molecule has 0 aromatic heterocycles. The number of nitrogens with zero attached hydrogens (tertiary/aromatic N) is 2. The van der Waals surface area contributed by atoms with Crippen LogP contribution in [0.3, 0.4) is 0 Å². The summed E-state index contributed by atoms with van der Waals surface area (Å²) in [4.78, 5) is 5.00. The van der Waals surface area contributed by atoms with Gasteiger partial charge >= 0.3 is 0 Å². The van der Waals surface area contributed by atoms with E-state index in [1.54, 1.807) is 0 Å². The Labute approximate surface area is 123 Å². The summed E-state index contributed by atoms with van der Waals surface area (Å²) in [6.07, 6.45) is 3.89.